The van der Waals surface area contributed by atoms with Crippen molar-refractivity contribution in [3.05, 3.63) is 140 Å². The Morgan fingerprint density at radius 2 is 0.734 bits per heavy atom. The fourth-order valence-electron chi connectivity index (χ4n) is 19.6. The van der Waals surface area contributed by atoms with Crippen molar-refractivity contribution in [2.75, 3.05) is 100 Å². The number of aliphatic hydroxyl groups excluding tert-OH is 2. The highest BCUT2D eigenvalue weighted by atomic mass is 16.7. The zero-order valence-electron chi connectivity index (χ0n) is 81.3. The number of nitrogens with two attached hydrogens (primary N) is 1. The van der Waals surface area contributed by atoms with Gasteiger partial charge in [0, 0.05) is 76.7 Å². The van der Waals surface area contributed by atoms with Gasteiger partial charge >= 0.3 is 24.2 Å². The largest absolute Gasteiger partial charge is 0.513 e. The summed E-state index contributed by atoms with van der Waals surface area (Å²) < 4.78 is 81.0. The quantitative estimate of drug-likeness (QED) is 0.0123. The lowest BCUT2D eigenvalue weighted by molar-refractivity contribution is -0.140. The topological polar surface area (TPSA) is 267 Å². The molecule has 128 heavy (non-hydrogen) atoms. The number of unbranched alkanes of at least 4 members (excludes halogenated alkanes) is 9. The van der Waals surface area contributed by atoms with Crippen LogP contribution in [0.4, 0.5) is 9.59 Å². The van der Waals surface area contributed by atoms with Gasteiger partial charge in [-0.25, -0.2) is 14.4 Å². The molecule has 4 aliphatic heterocycles. The lowest BCUT2D eigenvalue weighted by Gasteiger charge is -2.46. The highest BCUT2D eigenvalue weighted by Crippen LogP contribution is 2.59. The van der Waals surface area contributed by atoms with E-state index in [-0.39, 0.29) is 77.7 Å². The van der Waals surface area contributed by atoms with E-state index in [0.29, 0.717) is 93.5 Å². The molecule has 712 valence electrons. The molecule has 22 nitrogen and oxygen atoms in total. The molecule has 0 amide bonds. The molecule has 0 radical (unpaired) electrons. The number of carbonyl (C=O) groups is 4. The van der Waals surface area contributed by atoms with Crippen LogP contribution in [0.2, 0.25) is 0 Å². The maximum absolute atomic E-state index is 12.8. The number of methoxy groups -OCH3 is 1. The van der Waals surface area contributed by atoms with Gasteiger partial charge in [0.15, 0.2) is 0 Å². The van der Waals surface area contributed by atoms with Crippen molar-refractivity contribution in [1.29, 1.82) is 0 Å². The van der Waals surface area contributed by atoms with Gasteiger partial charge in [0.05, 0.1) is 59.4 Å². The molecule has 0 bridgehead atoms. The van der Waals surface area contributed by atoms with Crippen molar-refractivity contribution in [3.8, 4) is 46.0 Å². The fraction of sp³-hybridized carbons (Fsp3) is 0.660. The maximum Gasteiger partial charge on any atom is 0.513 e. The molecule has 0 unspecified atom stereocenters. The monoisotopic (exact) mass is 1780 g/mol. The number of carbonyl (C=O) groups excluding carboxylic acids is 4. The van der Waals surface area contributed by atoms with Crippen molar-refractivity contribution in [3.63, 3.8) is 0 Å². The Kier molecular flexibility index (Phi) is 40.7. The lowest BCUT2D eigenvalue weighted by Crippen LogP contribution is -2.45. The molecule has 0 saturated heterocycles. The third kappa shape index (κ3) is 29.9. The Morgan fingerprint density at radius 3 is 1.05 bits per heavy atom. The van der Waals surface area contributed by atoms with Crippen molar-refractivity contribution in [2.45, 2.75) is 330 Å². The number of aliphatic hydroxyl groups is 2. The summed E-state index contributed by atoms with van der Waals surface area (Å²) in [6.45, 7) is 37.9. The van der Waals surface area contributed by atoms with E-state index in [2.05, 4.69) is 165 Å². The minimum absolute atomic E-state index is 0.100. The van der Waals surface area contributed by atoms with E-state index >= 15 is 0 Å². The second-order valence-electron chi connectivity index (χ2n) is 39.1. The number of allylic oxidation sites excluding steroid dienone is 8. The zero-order chi connectivity index (χ0) is 92.9. The Labute approximate surface area is 766 Å². The van der Waals surface area contributed by atoms with Crippen molar-refractivity contribution < 1.29 is 95.7 Å². The van der Waals surface area contributed by atoms with Crippen molar-refractivity contribution in [2.24, 2.45) is 29.4 Å². The average Bonchev–Trinajstić information content (AvgIpc) is 0.756. The normalized spacial score (nSPS) is 21.5. The van der Waals surface area contributed by atoms with Crippen LogP contribution in [0.15, 0.2) is 95.1 Å². The number of fused-ring (bicyclic) bond motifs is 12. The molecule has 4 N–H and O–H groups in total. The van der Waals surface area contributed by atoms with Gasteiger partial charge in [0.25, 0.3) is 0 Å². The average molecular weight is 1780 g/mol. The van der Waals surface area contributed by atoms with Gasteiger partial charge < -0.3 is 82.3 Å². The first-order valence-corrected chi connectivity index (χ1v) is 48.3. The molecular formula is C106H158N2O20. The van der Waals surface area contributed by atoms with Gasteiger partial charge in [-0.1, -0.05) is 126 Å². The smallest absolute Gasteiger partial charge is 0.487 e. The maximum atomic E-state index is 12.8. The number of hydrogen-bond acceptors (Lipinski definition) is 22. The Morgan fingerprint density at radius 1 is 0.422 bits per heavy atom. The highest BCUT2D eigenvalue weighted by molar-refractivity contribution is 5.76. The van der Waals surface area contributed by atoms with Crippen LogP contribution in [0.1, 0.15) is 320 Å². The summed E-state index contributed by atoms with van der Waals surface area (Å²) in [5.74, 6) is 7.09. The van der Waals surface area contributed by atoms with Crippen LogP contribution in [0.5, 0.6) is 46.0 Å². The van der Waals surface area contributed by atoms with Crippen LogP contribution in [0.3, 0.4) is 0 Å². The highest BCUT2D eigenvalue weighted by Gasteiger charge is 2.50. The summed E-state index contributed by atoms with van der Waals surface area (Å²) in [6.07, 6.45) is 34.2. The van der Waals surface area contributed by atoms with Gasteiger partial charge in [0.1, 0.15) is 87.7 Å². The van der Waals surface area contributed by atoms with E-state index in [9.17, 15) is 24.3 Å². The predicted molar refractivity (Wildman–Crippen MR) is 504 cm³/mol. The second-order valence-corrected chi connectivity index (χ2v) is 39.1. The van der Waals surface area contributed by atoms with E-state index in [1.165, 1.54) is 60.0 Å². The Hall–Kier alpha value is -7.80. The minimum Gasteiger partial charge on any atom is -0.487 e. The van der Waals surface area contributed by atoms with E-state index in [1.54, 1.807) is 7.11 Å². The fourth-order valence-corrected chi connectivity index (χ4v) is 19.6. The molecule has 9 atom stereocenters. The number of likely N-dealkylation sites (N-methyl/N-ethyl adjacent to an activating group) is 1. The molecular weight excluding hydrogens is 1620 g/mol. The number of rotatable bonds is 40. The summed E-state index contributed by atoms with van der Waals surface area (Å²) >= 11 is 0. The van der Waals surface area contributed by atoms with Gasteiger partial charge in [-0.2, -0.15) is 0 Å². The molecule has 0 aromatic heterocycles. The van der Waals surface area contributed by atoms with Crippen LogP contribution in [-0.4, -0.2) is 168 Å². The summed E-state index contributed by atoms with van der Waals surface area (Å²) in [5, 5.41) is 18.4. The van der Waals surface area contributed by atoms with Gasteiger partial charge in [-0.15, -0.1) is 0 Å². The third-order valence-corrected chi connectivity index (χ3v) is 26.4. The van der Waals surface area contributed by atoms with Gasteiger partial charge in [-0.05, 0) is 290 Å². The summed E-state index contributed by atoms with van der Waals surface area (Å²) in [7, 11) is 5.40. The molecule has 4 heterocycles. The molecule has 4 aliphatic carbocycles. The number of benzene rings is 4. The minimum atomic E-state index is -1.13. The first-order chi connectivity index (χ1) is 61.2. The molecule has 4 aromatic rings. The Balaban J connectivity index is 0.000000193. The van der Waals surface area contributed by atoms with Crippen LogP contribution in [-0.2, 0) is 63.7 Å². The first kappa shape index (κ1) is 104. The molecule has 12 rings (SSSR count). The van der Waals surface area contributed by atoms with E-state index in [1.807, 2.05) is 37.2 Å². The first-order valence-electron chi connectivity index (χ1n) is 48.3. The number of esters is 2. The molecule has 4 aromatic carbocycles. The second kappa shape index (κ2) is 50.2. The number of hydrogen-bond donors (Lipinski definition) is 3. The van der Waals surface area contributed by atoms with Crippen LogP contribution >= 0.6 is 0 Å². The van der Waals surface area contributed by atoms with Gasteiger partial charge in [0.2, 0.25) is 0 Å². The molecule has 8 aliphatic rings. The number of aryl methyl sites for hydroxylation is 4. The molecule has 22 heteroatoms. The van der Waals surface area contributed by atoms with Crippen molar-refractivity contribution in [1.82, 2.24) is 4.90 Å². The third-order valence-electron chi connectivity index (χ3n) is 26.4. The van der Waals surface area contributed by atoms with Crippen molar-refractivity contribution >= 4 is 24.2 Å². The summed E-state index contributed by atoms with van der Waals surface area (Å²) in [5.41, 5.74) is 18.4. The lowest BCUT2D eigenvalue weighted by atomic mass is 9.68. The molecule has 0 saturated carbocycles. The Bertz CT molecular complexity index is 4380. The van der Waals surface area contributed by atoms with Crippen LogP contribution < -0.4 is 43.6 Å². The van der Waals surface area contributed by atoms with Crippen LogP contribution in [0.25, 0.3) is 0 Å². The summed E-state index contributed by atoms with van der Waals surface area (Å²) in [6, 6.07) is 16.7. The molecule has 0 fully saturated rings. The SMILES string of the molecule is CCCCCc1cc(OC(=O)CN(C)C)c2c(c1)OC(C)(C)[C@@H]1CCC(C)=C[C@@H]21.CCCCCc1cc(OC(=O)COCCOCCOCCOC)c2c(c1)OC(C)(C)[C@@H]1CCC(C)=C[C@@H]21.CCCCCc1cc(OC(=O)OCCCCN)c2c(c1)OC(C)(C)[C@@H]1CCC(C)=C[C@@H]21.CCCCCc1cc(OC(=O)OC[C@H](O)CO)c2c(c1)OC(C)(C)[C@@H]1CCC(C)=C[C@@H]21. The molecule has 0 spiro atoms. The van der Waals surface area contributed by atoms with Gasteiger partial charge in [-0.3, -0.25) is 9.69 Å². The standard InChI is InChI=1S/C30H46O7.C26H39NO4.C25H37NO3.C25H36O6/c1-6-7-8-9-23-19-26(36-28(31)21-35-17-16-34-15-14-33-13-12-32-5)29-24-18-22(2)10-11-25(24)30(3,4)37-27(29)20-23;1-5-6-7-10-19-16-22(30-25(28)29-14-9-8-13-27)24-20-15-18(2)11-12-21(20)26(3,4)31-23(24)17-19;1-7-8-9-10-18-14-21(28-23(27)16-26(5)6)24-19-13-17(2)11-12-20(19)25(3,4)29-22(24)15-18;1-5-6-7-8-17-12-21(30-24(28)29-15-18(27)14-26)23-19-11-16(2)9-10-20(19)25(3,4)31-22(23)13-17/h18-20,24-25H,6-17,21H2,1-5H3;15-17,20-21H,5-14,27H2,1-4H3;13-15,19-20H,7-12,16H2,1-6H3;11-13,18-20,26-27H,5-10,14-15H2,1-4H3/t24-,25-;20-,21-;19-,20-;18-,19-,20-/m1111/s1. The van der Waals surface area contributed by atoms with Crippen LogP contribution in [0, 0.1) is 23.7 Å². The predicted octanol–water partition coefficient (Wildman–Crippen LogP) is 22.3. The zero-order valence-corrected chi connectivity index (χ0v) is 81.3. The number of ether oxygens (including phenoxy) is 14. The van der Waals surface area contributed by atoms with E-state index < -0.39 is 31.0 Å². The van der Waals surface area contributed by atoms with E-state index in [0.717, 1.165) is 197 Å². The summed E-state index contributed by atoms with van der Waals surface area (Å²) in [4.78, 5) is 51.9. The number of nitrogens with zero attached hydrogens (tertiary/aromatic N) is 1. The van der Waals surface area contributed by atoms with E-state index in [4.69, 9.17) is 77.2 Å².